The van der Waals surface area contributed by atoms with Crippen molar-refractivity contribution in [2.24, 2.45) is 0 Å². The molecule has 100 valence electrons. The van der Waals surface area contributed by atoms with Gasteiger partial charge >= 0.3 is 0 Å². The van der Waals surface area contributed by atoms with E-state index in [1.165, 1.54) is 0 Å². The molecule has 3 aromatic rings. The van der Waals surface area contributed by atoms with Gasteiger partial charge in [-0.2, -0.15) is 0 Å². The fraction of sp³-hybridized carbons (Fsp3) is 0. The number of aromatic amines is 1. The van der Waals surface area contributed by atoms with Gasteiger partial charge in [-0.1, -0.05) is 41.9 Å². The molecular formula is C15H9ClINO2. The molecule has 0 radical (unpaired) electrons. The van der Waals surface area contributed by atoms with Crippen molar-refractivity contribution < 1.29 is 5.11 Å². The van der Waals surface area contributed by atoms with Crippen LogP contribution in [-0.4, -0.2) is 10.1 Å². The number of H-pyrrole nitrogens is 1. The maximum Gasteiger partial charge on any atom is 0.260 e. The summed E-state index contributed by atoms with van der Waals surface area (Å²) in [7, 11) is 0. The van der Waals surface area contributed by atoms with E-state index >= 15 is 0 Å². The van der Waals surface area contributed by atoms with Crippen molar-refractivity contribution in [3.63, 3.8) is 0 Å². The summed E-state index contributed by atoms with van der Waals surface area (Å²) in [6, 6.07) is 12.5. The second kappa shape index (κ2) is 5.10. The van der Waals surface area contributed by atoms with E-state index in [4.69, 9.17) is 11.6 Å². The van der Waals surface area contributed by atoms with Gasteiger partial charge in [0.05, 0.1) is 16.5 Å². The Morgan fingerprint density at radius 3 is 2.55 bits per heavy atom. The van der Waals surface area contributed by atoms with Crippen LogP contribution in [0.3, 0.4) is 0 Å². The van der Waals surface area contributed by atoms with E-state index in [1.807, 2.05) is 18.2 Å². The molecule has 3 rings (SSSR count). The van der Waals surface area contributed by atoms with E-state index in [1.54, 1.807) is 24.3 Å². The molecule has 1 heterocycles. The number of hydrogen-bond acceptors (Lipinski definition) is 2. The van der Waals surface area contributed by atoms with Crippen LogP contribution in [0, 0.1) is 3.57 Å². The Morgan fingerprint density at radius 2 is 1.85 bits per heavy atom. The molecule has 0 saturated heterocycles. The molecule has 0 fully saturated rings. The predicted molar refractivity (Wildman–Crippen MR) is 89.4 cm³/mol. The van der Waals surface area contributed by atoms with Gasteiger partial charge in [-0.25, -0.2) is 0 Å². The molecule has 0 unspecified atom stereocenters. The van der Waals surface area contributed by atoms with E-state index in [2.05, 4.69) is 27.6 Å². The number of halogens is 2. The van der Waals surface area contributed by atoms with Gasteiger partial charge in [0, 0.05) is 8.59 Å². The molecule has 0 spiro atoms. The summed E-state index contributed by atoms with van der Waals surface area (Å²) in [5.74, 6) is -0.0176. The van der Waals surface area contributed by atoms with Gasteiger partial charge < -0.3 is 10.1 Å². The lowest BCUT2D eigenvalue weighted by Gasteiger charge is -2.09. The Labute approximate surface area is 133 Å². The van der Waals surface area contributed by atoms with E-state index in [0.29, 0.717) is 21.5 Å². The lowest BCUT2D eigenvalue weighted by atomic mass is 10.0. The van der Waals surface area contributed by atoms with Gasteiger partial charge in [0.1, 0.15) is 5.75 Å². The van der Waals surface area contributed by atoms with Gasteiger partial charge in [0.25, 0.3) is 5.56 Å². The molecule has 1 aromatic heterocycles. The van der Waals surface area contributed by atoms with Crippen molar-refractivity contribution in [1.82, 2.24) is 4.98 Å². The highest BCUT2D eigenvalue weighted by Crippen LogP contribution is 2.35. The van der Waals surface area contributed by atoms with Gasteiger partial charge in [-0.15, -0.1) is 0 Å². The predicted octanol–water partition coefficient (Wildman–Crippen LogP) is 4.16. The maximum absolute atomic E-state index is 12.2. The standard InChI is InChI=1S/C15H9ClINO2/c16-9-6-10(17)13-11(7-9)18-15(20)12(14(13)19)8-4-2-1-3-5-8/h1-7H,(H2,18,19,20). The minimum absolute atomic E-state index is 0.0176. The molecular weight excluding hydrogens is 389 g/mol. The third kappa shape index (κ3) is 2.19. The first-order chi connectivity index (χ1) is 9.58. The van der Waals surface area contributed by atoms with Crippen LogP contribution in [0.5, 0.6) is 5.75 Å². The van der Waals surface area contributed by atoms with Crippen LogP contribution in [0.25, 0.3) is 22.0 Å². The minimum Gasteiger partial charge on any atom is -0.506 e. The number of pyridine rings is 1. The quantitative estimate of drug-likeness (QED) is 0.606. The summed E-state index contributed by atoms with van der Waals surface area (Å²) in [6.07, 6.45) is 0. The fourth-order valence-electron chi connectivity index (χ4n) is 2.20. The summed E-state index contributed by atoms with van der Waals surface area (Å²) in [4.78, 5) is 15.0. The zero-order valence-corrected chi connectivity index (χ0v) is 13.1. The Bertz CT molecular complexity index is 859. The number of fused-ring (bicyclic) bond motifs is 1. The van der Waals surface area contributed by atoms with E-state index in [0.717, 1.165) is 3.57 Å². The largest absolute Gasteiger partial charge is 0.506 e. The van der Waals surface area contributed by atoms with E-state index in [9.17, 15) is 9.90 Å². The molecule has 0 aliphatic heterocycles. The molecule has 0 aliphatic carbocycles. The minimum atomic E-state index is -0.334. The summed E-state index contributed by atoms with van der Waals surface area (Å²) in [5, 5.41) is 11.6. The highest BCUT2D eigenvalue weighted by molar-refractivity contribution is 14.1. The molecule has 5 heteroatoms. The van der Waals surface area contributed by atoms with Crippen LogP contribution in [0.15, 0.2) is 47.3 Å². The molecule has 3 nitrogen and oxygen atoms in total. The normalized spacial score (nSPS) is 10.9. The Balaban J connectivity index is 2.44. The maximum atomic E-state index is 12.2. The Morgan fingerprint density at radius 1 is 1.15 bits per heavy atom. The van der Waals surface area contributed by atoms with Gasteiger partial charge in [-0.3, -0.25) is 4.79 Å². The third-order valence-corrected chi connectivity index (χ3v) is 4.14. The zero-order chi connectivity index (χ0) is 14.3. The SMILES string of the molecule is O=c1[nH]c2cc(Cl)cc(I)c2c(O)c1-c1ccccc1. The smallest absolute Gasteiger partial charge is 0.260 e. The lowest BCUT2D eigenvalue weighted by molar-refractivity contribution is 0.482. The highest BCUT2D eigenvalue weighted by atomic mass is 127. The zero-order valence-electron chi connectivity index (χ0n) is 10.2. The van der Waals surface area contributed by atoms with Crippen LogP contribution >= 0.6 is 34.2 Å². The van der Waals surface area contributed by atoms with Crippen molar-refractivity contribution in [1.29, 1.82) is 0 Å². The molecule has 20 heavy (non-hydrogen) atoms. The fourth-order valence-corrected chi connectivity index (χ4v) is 3.49. The van der Waals surface area contributed by atoms with Crippen LogP contribution < -0.4 is 5.56 Å². The van der Waals surface area contributed by atoms with Crippen molar-refractivity contribution in [3.8, 4) is 16.9 Å². The first-order valence-electron chi connectivity index (χ1n) is 5.87. The summed E-state index contributed by atoms with van der Waals surface area (Å²) in [5.41, 5.74) is 1.15. The summed E-state index contributed by atoms with van der Waals surface area (Å²) >= 11 is 8.07. The topological polar surface area (TPSA) is 53.1 Å². The first kappa shape index (κ1) is 13.5. The van der Waals surface area contributed by atoms with Crippen LogP contribution in [-0.2, 0) is 0 Å². The van der Waals surface area contributed by atoms with Crippen molar-refractivity contribution in [3.05, 3.63) is 61.4 Å². The molecule has 2 aromatic carbocycles. The Hall–Kier alpha value is -1.53. The van der Waals surface area contributed by atoms with Gasteiger partial charge in [0.2, 0.25) is 0 Å². The molecule has 0 bridgehead atoms. The van der Waals surface area contributed by atoms with Crippen molar-refractivity contribution >= 4 is 45.1 Å². The van der Waals surface area contributed by atoms with Crippen LogP contribution in [0.4, 0.5) is 0 Å². The van der Waals surface area contributed by atoms with Crippen molar-refractivity contribution in [2.45, 2.75) is 0 Å². The highest BCUT2D eigenvalue weighted by Gasteiger charge is 2.16. The van der Waals surface area contributed by atoms with Crippen LogP contribution in [0.2, 0.25) is 5.02 Å². The number of benzene rings is 2. The van der Waals surface area contributed by atoms with Crippen molar-refractivity contribution in [2.75, 3.05) is 0 Å². The average molecular weight is 398 g/mol. The first-order valence-corrected chi connectivity index (χ1v) is 7.33. The van der Waals surface area contributed by atoms with E-state index in [-0.39, 0.29) is 16.9 Å². The van der Waals surface area contributed by atoms with Gasteiger partial charge in [-0.05, 0) is 40.3 Å². The molecule has 0 saturated carbocycles. The number of aromatic nitrogens is 1. The molecule has 0 amide bonds. The average Bonchev–Trinajstić information content (AvgIpc) is 2.38. The number of hydrogen-bond donors (Lipinski definition) is 2. The monoisotopic (exact) mass is 397 g/mol. The lowest BCUT2D eigenvalue weighted by Crippen LogP contribution is -2.09. The molecule has 2 N–H and O–H groups in total. The molecule has 0 aliphatic rings. The van der Waals surface area contributed by atoms with Crippen LogP contribution in [0.1, 0.15) is 0 Å². The van der Waals surface area contributed by atoms with Gasteiger partial charge in [0.15, 0.2) is 0 Å². The second-order valence-corrected chi connectivity index (χ2v) is 5.95. The molecule has 0 atom stereocenters. The number of rotatable bonds is 1. The number of aromatic hydroxyl groups is 1. The second-order valence-electron chi connectivity index (χ2n) is 4.35. The van der Waals surface area contributed by atoms with E-state index < -0.39 is 0 Å². The number of nitrogens with one attached hydrogen (secondary N) is 1. The Kier molecular flexibility index (Phi) is 3.43. The summed E-state index contributed by atoms with van der Waals surface area (Å²) < 4.78 is 0.788. The summed E-state index contributed by atoms with van der Waals surface area (Å²) in [6.45, 7) is 0. The third-order valence-electron chi connectivity index (χ3n) is 3.07.